The number of rotatable bonds is 1. The fourth-order valence-corrected chi connectivity index (χ4v) is 1.47. The van der Waals surface area contributed by atoms with Crippen LogP contribution in [-0.2, 0) is 9.47 Å². The van der Waals surface area contributed by atoms with Crippen LogP contribution in [0.5, 0.6) is 0 Å². The molecule has 0 aliphatic rings. The van der Waals surface area contributed by atoms with Crippen molar-refractivity contribution in [3.8, 4) is 0 Å². The topological polar surface area (TPSA) is 81.6 Å². The summed E-state index contributed by atoms with van der Waals surface area (Å²) in [4.78, 5) is 32.8. The minimum Gasteiger partial charge on any atom is -0.443 e. The SMILES string of the molecule is CC(C)(C)OC(=O)N(C(=O)OC(C)(C)C)c1ccnc(Cl)n1. The molecule has 2 amide bonds. The second-order valence-corrected chi connectivity index (χ2v) is 6.82. The molecule has 0 bridgehead atoms. The molecular formula is C14H20ClN3O4. The zero-order valence-corrected chi connectivity index (χ0v) is 14.3. The summed E-state index contributed by atoms with van der Waals surface area (Å²) in [5, 5.41) is -0.102. The second-order valence-electron chi connectivity index (χ2n) is 6.48. The molecule has 0 aliphatic heterocycles. The summed E-state index contributed by atoms with van der Waals surface area (Å²) in [5.41, 5.74) is -1.57. The van der Waals surface area contributed by atoms with Crippen LogP contribution in [0.25, 0.3) is 0 Å². The van der Waals surface area contributed by atoms with Crippen LogP contribution in [0.15, 0.2) is 12.3 Å². The second kappa shape index (κ2) is 6.48. The first-order valence-electron chi connectivity index (χ1n) is 6.64. The Balaban J connectivity index is 3.15. The summed E-state index contributed by atoms with van der Waals surface area (Å²) in [6.45, 7) is 10.1. The fraction of sp³-hybridized carbons (Fsp3) is 0.571. The number of hydrogen-bond acceptors (Lipinski definition) is 6. The molecule has 0 fully saturated rings. The average Bonchev–Trinajstić information content (AvgIpc) is 2.23. The first-order valence-corrected chi connectivity index (χ1v) is 7.01. The van der Waals surface area contributed by atoms with Gasteiger partial charge in [0.15, 0.2) is 5.82 Å². The number of carbonyl (C=O) groups is 2. The van der Waals surface area contributed by atoms with Crippen molar-refractivity contribution in [3.05, 3.63) is 17.5 Å². The van der Waals surface area contributed by atoms with E-state index in [2.05, 4.69) is 9.97 Å². The van der Waals surface area contributed by atoms with Gasteiger partial charge in [-0.2, -0.15) is 9.88 Å². The maximum atomic E-state index is 12.3. The zero-order valence-electron chi connectivity index (χ0n) is 13.5. The monoisotopic (exact) mass is 329 g/mol. The maximum absolute atomic E-state index is 12.3. The van der Waals surface area contributed by atoms with E-state index in [1.807, 2.05) is 0 Å². The van der Waals surface area contributed by atoms with Crippen molar-refractivity contribution < 1.29 is 19.1 Å². The van der Waals surface area contributed by atoms with Crippen molar-refractivity contribution in [2.75, 3.05) is 4.90 Å². The van der Waals surface area contributed by atoms with E-state index in [0.717, 1.165) is 0 Å². The van der Waals surface area contributed by atoms with Crippen LogP contribution in [0.2, 0.25) is 5.28 Å². The summed E-state index contributed by atoms with van der Waals surface area (Å²) in [6.07, 6.45) is -0.486. The van der Waals surface area contributed by atoms with Crippen molar-refractivity contribution in [1.82, 2.24) is 9.97 Å². The van der Waals surface area contributed by atoms with E-state index >= 15 is 0 Å². The molecule has 0 spiro atoms. The van der Waals surface area contributed by atoms with Crippen molar-refractivity contribution in [1.29, 1.82) is 0 Å². The number of nitrogens with zero attached hydrogens (tertiary/aromatic N) is 3. The molecule has 0 unspecified atom stereocenters. The lowest BCUT2D eigenvalue weighted by atomic mass is 10.2. The largest absolute Gasteiger partial charge is 0.443 e. The molecule has 1 rings (SSSR count). The van der Waals surface area contributed by atoms with Gasteiger partial charge in [0.1, 0.15) is 11.2 Å². The zero-order chi connectivity index (χ0) is 17.1. The van der Waals surface area contributed by atoms with Crippen LogP contribution < -0.4 is 4.90 Å². The van der Waals surface area contributed by atoms with E-state index in [1.165, 1.54) is 12.3 Å². The van der Waals surface area contributed by atoms with Crippen molar-refractivity contribution >= 4 is 29.6 Å². The Morgan fingerprint density at radius 3 is 1.86 bits per heavy atom. The minimum absolute atomic E-state index is 0.0245. The first kappa shape index (κ1) is 18.2. The predicted octanol–water partition coefficient (Wildman–Crippen LogP) is 3.81. The highest BCUT2D eigenvalue weighted by atomic mass is 35.5. The highest BCUT2D eigenvalue weighted by molar-refractivity contribution is 6.28. The van der Waals surface area contributed by atoms with Gasteiger partial charge in [-0.15, -0.1) is 0 Å². The smallest absolute Gasteiger partial charge is 0.425 e. The predicted molar refractivity (Wildman–Crippen MR) is 82.0 cm³/mol. The number of aromatic nitrogens is 2. The molecule has 1 aromatic heterocycles. The van der Waals surface area contributed by atoms with Gasteiger partial charge < -0.3 is 9.47 Å². The lowest BCUT2D eigenvalue weighted by Gasteiger charge is -2.27. The molecule has 0 atom stereocenters. The molecule has 1 heterocycles. The molecule has 7 nitrogen and oxygen atoms in total. The molecule has 8 heteroatoms. The highest BCUT2D eigenvalue weighted by Crippen LogP contribution is 2.20. The van der Waals surface area contributed by atoms with Gasteiger partial charge in [0, 0.05) is 12.3 Å². The van der Waals surface area contributed by atoms with Crippen LogP contribution in [-0.4, -0.2) is 33.4 Å². The molecule has 22 heavy (non-hydrogen) atoms. The Hall–Kier alpha value is -1.89. The van der Waals surface area contributed by atoms with Gasteiger partial charge in [-0.05, 0) is 53.1 Å². The third-order valence-corrected chi connectivity index (χ3v) is 2.17. The molecule has 0 aromatic carbocycles. The Morgan fingerprint density at radius 2 is 1.50 bits per heavy atom. The van der Waals surface area contributed by atoms with Gasteiger partial charge in [-0.25, -0.2) is 14.6 Å². The lowest BCUT2D eigenvalue weighted by Crippen LogP contribution is -2.44. The molecule has 122 valence electrons. The van der Waals surface area contributed by atoms with Gasteiger partial charge in [-0.3, -0.25) is 0 Å². The molecule has 1 aromatic rings. The highest BCUT2D eigenvalue weighted by Gasteiger charge is 2.33. The lowest BCUT2D eigenvalue weighted by molar-refractivity contribution is 0.0429. The Kier molecular flexibility index (Phi) is 5.35. The van der Waals surface area contributed by atoms with E-state index in [0.29, 0.717) is 4.90 Å². The van der Waals surface area contributed by atoms with Crippen LogP contribution in [0, 0.1) is 0 Å². The van der Waals surface area contributed by atoms with Gasteiger partial charge in [0.25, 0.3) is 0 Å². The number of carbonyl (C=O) groups excluding carboxylic acids is 2. The molecule has 0 saturated heterocycles. The van der Waals surface area contributed by atoms with Crippen LogP contribution >= 0.6 is 11.6 Å². The van der Waals surface area contributed by atoms with Crippen LogP contribution in [0.3, 0.4) is 0 Å². The van der Waals surface area contributed by atoms with E-state index in [4.69, 9.17) is 21.1 Å². The summed E-state index contributed by atoms with van der Waals surface area (Å²) in [6, 6.07) is 1.36. The van der Waals surface area contributed by atoms with Crippen LogP contribution in [0.1, 0.15) is 41.5 Å². The summed E-state index contributed by atoms with van der Waals surface area (Å²) in [7, 11) is 0. The summed E-state index contributed by atoms with van der Waals surface area (Å²) in [5.74, 6) is -0.0245. The Morgan fingerprint density at radius 1 is 1.05 bits per heavy atom. The number of ether oxygens (including phenoxy) is 2. The quantitative estimate of drug-likeness (QED) is 0.729. The van der Waals surface area contributed by atoms with E-state index in [-0.39, 0.29) is 11.1 Å². The minimum atomic E-state index is -0.906. The number of anilines is 1. The van der Waals surface area contributed by atoms with Crippen molar-refractivity contribution in [2.45, 2.75) is 52.7 Å². The molecule has 0 radical (unpaired) electrons. The van der Waals surface area contributed by atoms with Crippen LogP contribution in [0.4, 0.5) is 15.4 Å². The third-order valence-electron chi connectivity index (χ3n) is 1.99. The van der Waals surface area contributed by atoms with E-state index in [1.54, 1.807) is 41.5 Å². The molecule has 0 aliphatic carbocycles. The van der Waals surface area contributed by atoms with E-state index in [9.17, 15) is 9.59 Å². The molecular weight excluding hydrogens is 310 g/mol. The summed E-state index contributed by atoms with van der Waals surface area (Å²) >= 11 is 5.71. The third kappa shape index (κ3) is 5.85. The standard InChI is InChI=1S/C14H20ClN3O4/c1-13(2,3)21-11(19)18(12(20)22-14(4,5)6)9-7-8-16-10(15)17-9/h7-8H,1-6H3. The van der Waals surface area contributed by atoms with Crippen molar-refractivity contribution in [3.63, 3.8) is 0 Å². The number of amides is 2. The molecule has 0 saturated carbocycles. The number of hydrogen-bond donors (Lipinski definition) is 0. The Labute approximate surface area is 134 Å². The van der Waals surface area contributed by atoms with Gasteiger partial charge in [0.2, 0.25) is 5.28 Å². The number of imide groups is 1. The Bertz CT molecular complexity index is 536. The average molecular weight is 330 g/mol. The fourth-order valence-electron chi connectivity index (χ4n) is 1.33. The van der Waals surface area contributed by atoms with Gasteiger partial charge >= 0.3 is 12.2 Å². The number of halogens is 1. The van der Waals surface area contributed by atoms with Gasteiger partial charge in [-0.1, -0.05) is 0 Å². The van der Waals surface area contributed by atoms with E-state index < -0.39 is 23.4 Å². The maximum Gasteiger partial charge on any atom is 0.425 e. The molecule has 0 N–H and O–H groups in total. The summed E-state index contributed by atoms with van der Waals surface area (Å²) < 4.78 is 10.4. The normalized spacial score (nSPS) is 11.8. The van der Waals surface area contributed by atoms with Crippen molar-refractivity contribution in [2.24, 2.45) is 0 Å². The van der Waals surface area contributed by atoms with Gasteiger partial charge in [0.05, 0.1) is 0 Å². The first-order chi connectivity index (χ1) is 9.89.